The number of hydrogen-bond acceptors (Lipinski definition) is 0. The predicted octanol–water partition coefficient (Wildman–Crippen LogP) is 8.21. The lowest BCUT2D eigenvalue weighted by molar-refractivity contribution is -0.139. The average Bonchev–Trinajstić information content (AvgIpc) is 3.07. The van der Waals surface area contributed by atoms with Crippen molar-refractivity contribution in [1.82, 2.24) is 0 Å². The second-order valence-electron chi connectivity index (χ2n) is 8.04. The van der Waals surface area contributed by atoms with Gasteiger partial charge in [-0.15, -0.1) is 0 Å². The van der Waals surface area contributed by atoms with Crippen LogP contribution >= 0.6 is 0 Å². The molecule has 0 radical (unpaired) electrons. The van der Waals surface area contributed by atoms with Crippen molar-refractivity contribution in [3.63, 3.8) is 0 Å². The smallest absolute Gasteiger partial charge is 0.206 e. The van der Waals surface area contributed by atoms with E-state index in [1.165, 1.54) is 48.4 Å². The normalized spacial score (nSPS) is 12.7. The van der Waals surface area contributed by atoms with Gasteiger partial charge in [0.1, 0.15) is 5.82 Å². The quantitative estimate of drug-likeness (QED) is 0.221. The third-order valence-corrected chi connectivity index (χ3v) is 5.87. The number of aryl methyl sites for hydroxylation is 1. The summed E-state index contributed by atoms with van der Waals surface area (Å²) >= 11 is 0. The molecule has 0 aliphatic heterocycles. The van der Waals surface area contributed by atoms with Crippen LogP contribution in [0.2, 0.25) is 0 Å². The third kappa shape index (κ3) is 4.14. The van der Waals surface area contributed by atoms with Crippen LogP contribution in [0.15, 0.2) is 54.6 Å². The average molecular weight is 412 g/mol. The summed E-state index contributed by atoms with van der Waals surface area (Å²) < 4.78 is 52.5. The van der Waals surface area contributed by atoms with E-state index in [9.17, 15) is 17.6 Å². The molecule has 0 nitrogen and oxygen atoms in total. The van der Waals surface area contributed by atoms with Gasteiger partial charge >= 0.3 is 6.18 Å². The summed E-state index contributed by atoms with van der Waals surface area (Å²) in [5, 5.41) is 0. The molecule has 0 amide bonds. The minimum absolute atomic E-state index is 0.455. The molecule has 0 heterocycles. The van der Waals surface area contributed by atoms with Crippen LogP contribution in [-0.2, 0) is 19.0 Å². The fraction of sp³-hybridized carbons (Fsp3) is 0.308. The highest BCUT2D eigenvalue weighted by molar-refractivity contribution is 5.80. The standard InChI is InChI=1S/C26H24F4/c1-2-3-4-5-6-17-7-10-22-20(13-17)15-21-14-18(8-11-23(21)22)19-9-12-24(25(27)16-19)26(28,29)30/h7-14,16H,2-6,15H2,1H3. The summed E-state index contributed by atoms with van der Waals surface area (Å²) in [7, 11) is 0. The van der Waals surface area contributed by atoms with E-state index in [0.29, 0.717) is 5.56 Å². The largest absolute Gasteiger partial charge is 0.419 e. The fourth-order valence-corrected chi connectivity index (χ4v) is 4.28. The SMILES string of the molecule is CCCCCCc1ccc2c(c1)Cc1cc(-c3ccc(C(F)(F)F)c(F)c3)ccc1-2. The molecule has 0 saturated heterocycles. The van der Waals surface area contributed by atoms with E-state index in [4.69, 9.17) is 0 Å². The molecule has 0 unspecified atom stereocenters. The Morgan fingerprint density at radius 3 is 2.13 bits per heavy atom. The van der Waals surface area contributed by atoms with Gasteiger partial charge < -0.3 is 0 Å². The molecule has 1 aliphatic rings. The van der Waals surface area contributed by atoms with Gasteiger partial charge in [-0.05, 0) is 70.3 Å². The monoisotopic (exact) mass is 412 g/mol. The Morgan fingerprint density at radius 1 is 0.767 bits per heavy atom. The number of benzene rings is 3. The lowest BCUT2D eigenvalue weighted by atomic mass is 9.97. The first-order chi connectivity index (χ1) is 14.4. The fourth-order valence-electron chi connectivity index (χ4n) is 4.28. The molecule has 0 N–H and O–H groups in total. The van der Waals surface area contributed by atoms with E-state index >= 15 is 0 Å². The lowest BCUT2D eigenvalue weighted by Crippen LogP contribution is -2.07. The maximum Gasteiger partial charge on any atom is 0.419 e. The highest BCUT2D eigenvalue weighted by Gasteiger charge is 2.34. The van der Waals surface area contributed by atoms with Gasteiger partial charge in [0.05, 0.1) is 5.56 Å². The number of alkyl halides is 3. The van der Waals surface area contributed by atoms with Gasteiger partial charge in [0.2, 0.25) is 0 Å². The summed E-state index contributed by atoms with van der Waals surface area (Å²) in [6, 6.07) is 15.6. The minimum Gasteiger partial charge on any atom is -0.206 e. The van der Waals surface area contributed by atoms with E-state index in [-0.39, 0.29) is 0 Å². The zero-order valence-corrected chi connectivity index (χ0v) is 17.0. The number of hydrogen-bond donors (Lipinski definition) is 0. The van der Waals surface area contributed by atoms with E-state index in [0.717, 1.165) is 41.7 Å². The van der Waals surface area contributed by atoms with Crippen molar-refractivity contribution in [3.8, 4) is 22.3 Å². The van der Waals surface area contributed by atoms with Crippen LogP contribution in [0.3, 0.4) is 0 Å². The first kappa shape index (κ1) is 20.6. The Morgan fingerprint density at radius 2 is 1.43 bits per heavy atom. The summed E-state index contributed by atoms with van der Waals surface area (Å²) in [6.45, 7) is 2.21. The molecule has 4 heteroatoms. The molecular weight excluding hydrogens is 388 g/mol. The van der Waals surface area contributed by atoms with Crippen molar-refractivity contribution < 1.29 is 17.6 Å². The van der Waals surface area contributed by atoms with E-state index in [1.807, 2.05) is 18.2 Å². The van der Waals surface area contributed by atoms with Crippen molar-refractivity contribution in [2.24, 2.45) is 0 Å². The Hall–Kier alpha value is -2.62. The topological polar surface area (TPSA) is 0 Å². The maximum atomic E-state index is 14.0. The predicted molar refractivity (Wildman–Crippen MR) is 113 cm³/mol. The van der Waals surface area contributed by atoms with Gasteiger partial charge in [-0.1, -0.05) is 68.7 Å². The van der Waals surface area contributed by atoms with E-state index in [1.54, 1.807) is 0 Å². The van der Waals surface area contributed by atoms with Crippen molar-refractivity contribution >= 4 is 0 Å². The van der Waals surface area contributed by atoms with Crippen LogP contribution in [0, 0.1) is 5.82 Å². The Kier molecular flexibility index (Phi) is 5.68. The van der Waals surface area contributed by atoms with Crippen LogP contribution in [0.1, 0.15) is 54.9 Å². The molecule has 156 valence electrons. The van der Waals surface area contributed by atoms with Gasteiger partial charge in [0, 0.05) is 0 Å². The second-order valence-corrected chi connectivity index (χ2v) is 8.04. The molecular formula is C26H24F4. The van der Waals surface area contributed by atoms with Gasteiger partial charge in [-0.2, -0.15) is 13.2 Å². The molecule has 0 bridgehead atoms. The first-order valence-electron chi connectivity index (χ1n) is 10.5. The molecule has 0 atom stereocenters. The Bertz CT molecular complexity index is 1060. The molecule has 0 fully saturated rings. The number of halogens is 4. The number of fused-ring (bicyclic) bond motifs is 3. The maximum absolute atomic E-state index is 14.0. The summed E-state index contributed by atoms with van der Waals surface area (Å²) in [5.41, 5.74) is 6.09. The van der Waals surface area contributed by atoms with Crippen LogP contribution < -0.4 is 0 Å². The molecule has 0 saturated carbocycles. The number of rotatable bonds is 6. The summed E-state index contributed by atoms with van der Waals surface area (Å²) in [6.07, 6.45) is 2.14. The molecule has 3 aromatic carbocycles. The van der Waals surface area contributed by atoms with Gasteiger partial charge in [0.15, 0.2) is 0 Å². The highest BCUT2D eigenvalue weighted by Crippen LogP contribution is 2.40. The summed E-state index contributed by atoms with van der Waals surface area (Å²) in [4.78, 5) is 0. The zero-order valence-electron chi connectivity index (χ0n) is 17.0. The van der Waals surface area contributed by atoms with Crippen LogP contribution in [-0.4, -0.2) is 0 Å². The zero-order chi connectivity index (χ0) is 21.3. The highest BCUT2D eigenvalue weighted by atomic mass is 19.4. The van der Waals surface area contributed by atoms with E-state index < -0.39 is 17.6 Å². The van der Waals surface area contributed by atoms with Crippen molar-refractivity contribution in [2.75, 3.05) is 0 Å². The molecule has 0 aromatic heterocycles. The van der Waals surface area contributed by atoms with Crippen molar-refractivity contribution in [3.05, 3.63) is 82.7 Å². The lowest BCUT2D eigenvalue weighted by Gasteiger charge is -2.10. The van der Waals surface area contributed by atoms with Gasteiger partial charge in [0.25, 0.3) is 0 Å². The van der Waals surface area contributed by atoms with Crippen molar-refractivity contribution in [2.45, 2.75) is 51.6 Å². The molecule has 1 aliphatic carbocycles. The summed E-state index contributed by atoms with van der Waals surface area (Å²) in [5.74, 6) is -1.24. The Labute approximate surface area is 174 Å². The number of unbranched alkanes of at least 4 members (excludes halogenated alkanes) is 3. The Balaban J connectivity index is 1.56. The van der Waals surface area contributed by atoms with E-state index in [2.05, 4.69) is 25.1 Å². The minimum atomic E-state index is -4.68. The van der Waals surface area contributed by atoms with Gasteiger partial charge in [-0.3, -0.25) is 0 Å². The van der Waals surface area contributed by atoms with Gasteiger partial charge in [-0.25, -0.2) is 4.39 Å². The molecule has 30 heavy (non-hydrogen) atoms. The molecule has 0 spiro atoms. The van der Waals surface area contributed by atoms with Crippen LogP contribution in [0.25, 0.3) is 22.3 Å². The second kappa shape index (κ2) is 8.25. The van der Waals surface area contributed by atoms with Crippen LogP contribution in [0.4, 0.5) is 17.6 Å². The molecule has 3 aromatic rings. The first-order valence-corrected chi connectivity index (χ1v) is 10.5. The van der Waals surface area contributed by atoms with Crippen LogP contribution in [0.5, 0.6) is 0 Å². The molecule has 4 rings (SSSR count). The third-order valence-electron chi connectivity index (χ3n) is 5.87. The van der Waals surface area contributed by atoms with Crippen molar-refractivity contribution in [1.29, 1.82) is 0 Å².